The summed E-state index contributed by atoms with van der Waals surface area (Å²) in [6.45, 7) is 0.456. The first-order chi connectivity index (χ1) is 10.2. The Balaban J connectivity index is 0.00000176. The van der Waals surface area contributed by atoms with Crippen LogP contribution in [0.1, 0.15) is 31.4 Å². The molecule has 2 aromatic heterocycles. The zero-order chi connectivity index (χ0) is 14.7. The lowest BCUT2D eigenvalue weighted by atomic mass is 10.00. The van der Waals surface area contributed by atoms with Crippen molar-refractivity contribution in [3.05, 3.63) is 29.5 Å². The first-order valence-electron chi connectivity index (χ1n) is 7.23. The van der Waals surface area contributed by atoms with Gasteiger partial charge in [0.15, 0.2) is 10.8 Å². The van der Waals surface area contributed by atoms with Crippen molar-refractivity contribution in [3.8, 4) is 10.8 Å². The molecule has 0 unspecified atom stereocenters. The Bertz CT molecular complexity index is 600. The molecule has 0 spiro atoms. The molecule has 2 heterocycles. The summed E-state index contributed by atoms with van der Waals surface area (Å²) in [6, 6.07) is 3.90. The van der Waals surface area contributed by atoms with E-state index in [9.17, 15) is 4.79 Å². The summed E-state index contributed by atoms with van der Waals surface area (Å²) >= 11 is 1.52. The van der Waals surface area contributed by atoms with Crippen LogP contribution in [0.4, 0.5) is 0 Å². The van der Waals surface area contributed by atoms with E-state index >= 15 is 0 Å². The summed E-state index contributed by atoms with van der Waals surface area (Å²) in [5, 5.41) is 5.70. The number of carbonyl (C=O) groups is 1. The minimum atomic E-state index is 0. The Morgan fingerprint density at radius 1 is 1.50 bits per heavy atom. The second-order valence-corrected chi connectivity index (χ2v) is 6.32. The monoisotopic (exact) mass is 341 g/mol. The number of thiazole rings is 1. The number of hydrogen-bond donors (Lipinski definition) is 2. The Morgan fingerprint density at radius 2 is 2.36 bits per heavy atom. The Hall–Kier alpha value is -1.37. The first-order valence-corrected chi connectivity index (χ1v) is 8.11. The van der Waals surface area contributed by atoms with Crippen LogP contribution in [0, 0.1) is 5.92 Å². The Kier molecular flexibility index (Phi) is 5.99. The molecule has 3 N–H and O–H groups in total. The average Bonchev–Trinajstić information content (AvgIpc) is 3.18. The summed E-state index contributed by atoms with van der Waals surface area (Å²) in [5.74, 6) is 1.15. The maximum Gasteiger partial charge on any atom is 0.220 e. The molecule has 3 rings (SSSR count). The van der Waals surface area contributed by atoms with Crippen LogP contribution in [0.3, 0.4) is 0 Å². The molecular weight excluding hydrogens is 322 g/mol. The van der Waals surface area contributed by atoms with Crippen LogP contribution < -0.4 is 11.1 Å². The van der Waals surface area contributed by atoms with Crippen molar-refractivity contribution in [1.82, 2.24) is 10.3 Å². The molecule has 1 saturated carbocycles. The second-order valence-electron chi connectivity index (χ2n) is 5.46. The second kappa shape index (κ2) is 7.76. The summed E-state index contributed by atoms with van der Waals surface area (Å²) in [6.07, 6.45) is 5.39. The van der Waals surface area contributed by atoms with E-state index < -0.39 is 0 Å². The molecule has 1 aliphatic rings. The molecule has 1 aliphatic carbocycles. The highest BCUT2D eigenvalue weighted by Gasteiger charge is 2.25. The number of aromatic nitrogens is 1. The van der Waals surface area contributed by atoms with E-state index in [1.165, 1.54) is 11.3 Å². The molecule has 2 atom stereocenters. The number of nitrogens with two attached hydrogens (primary N) is 1. The van der Waals surface area contributed by atoms with Gasteiger partial charge in [-0.1, -0.05) is 6.42 Å². The highest BCUT2D eigenvalue weighted by Crippen LogP contribution is 2.27. The highest BCUT2D eigenvalue weighted by atomic mass is 35.5. The zero-order valence-corrected chi connectivity index (χ0v) is 13.8. The van der Waals surface area contributed by atoms with Gasteiger partial charge in [0.25, 0.3) is 0 Å². The fraction of sp³-hybridized carbons (Fsp3) is 0.467. The van der Waals surface area contributed by atoms with Crippen molar-refractivity contribution in [2.45, 2.75) is 38.3 Å². The fourth-order valence-corrected chi connectivity index (χ4v) is 3.51. The quantitative estimate of drug-likeness (QED) is 0.876. The van der Waals surface area contributed by atoms with E-state index in [0.29, 0.717) is 18.9 Å². The number of nitrogens with one attached hydrogen (secondary N) is 1. The molecule has 0 bridgehead atoms. The minimum absolute atomic E-state index is 0. The lowest BCUT2D eigenvalue weighted by Gasteiger charge is -2.14. The van der Waals surface area contributed by atoms with Gasteiger partial charge >= 0.3 is 0 Å². The Labute approximate surface area is 139 Å². The number of halogens is 1. The molecule has 0 aromatic carbocycles. The number of hydrogen-bond acceptors (Lipinski definition) is 5. The van der Waals surface area contributed by atoms with E-state index in [0.717, 1.165) is 35.7 Å². The Morgan fingerprint density at radius 3 is 3.05 bits per heavy atom. The maximum atomic E-state index is 11.9. The van der Waals surface area contributed by atoms with Crippen molar-refractivity contribution >= 4 is 29.7 Å². The van der Waals surface area contributed by atoms with Gasteiger partial charge in [-0.05, 0) is 30.9 Å². The van der Waals surface area contributed by atoms with Gasteiger partial charge < -0.3 is 15.5 Å². The average molecular weight is 342 g/mol. The number of amides is 1. The topological polar surface area (TPSA) is 81.2 Å². The third-order valence-electron chi connectivity index (χ3n) is 3.92. The molecule has 7 heteroatoms. The smallest absolute Gasteiger partial charge is 0.220 e. The molecule has 1 amide bonds. The predicted molar refractivity (Wildman–Crippen MR) is 88.8 cm³/mol. The summed E-state index contributed by atoms with van der Waals surface area (Å²) in [7, 11) is 0. The van der Waals surface area contributed by atoms with Crippen LogP contribution in [-0.2, 0) is 11.3 Å². The normalized spacial score (nSPS) is 20.6. The SMILES string of the molecule is Cl.N[C@@H]1CCC[C@H]1CC(=O)NCc1csc(-c2ccco2)n1. The van der Waals surface area contributed by atoms with Gasteiger partial charge in [0.05, 0.1) is 18.5 Å². The fourth-order valence-electron chi connectivity index (χ4n) is 2.72. The van der Waals surface area contributed by atoms with Gasteiger partial charge in [-0.2, -0.15) is 0 Å². The summed E-state index contributed by atoms with van der Waals surface area (Å²) in [5.41, 5.74) is 6.85. The van der Waals surface area contributed by atoms with Gasteiger partial charge in [0, 0.05) is 17.8 Å². The molecule has 2 aromatic rings. The minimum Gasteiger partial charge on any atom is -0.462 e. The highest BCUT2D eigenvalue weighted by molar-refractivity contribution is 7.13. The van der Waals surface area contributed by atoms with Gasteiger partial charge in [-0.15, -0.1) is 23.7 Å². The third-order valence-corrected chi connectivity index (χ3v) is 4.82. The van der Waals surface area contributed by atoms with Crippen LogP contribution >= 0.6 is 23.7 Å². The molecule has 22 heavy (non-hydrogen) atoms. The van der Waals surface area contributed by atoms with Crippen LogP contribution in [0.15, 0.2) is 28.2 Å². The standard InChI is InChI=1S/C15H19N3O2S.ClH/c16-12-4-1-3-10(12)7-14(19)17-8-11-9-21-15(18-11)13-5-2-6-20-13;/h2,5-6,9-10,12H,1,3-4,7-8,16H2,(H,17,19);1H/t10-,12+;/m0./s1. The van der Waals surface area contributed by atoms with Crippen LogP contribution in [0.25, 0.3) is 10.8 Å². The lowest BCUT2D eigenvalue weighted by molar-refractivity contribution is -0.122. The van der Waals surface area contributed by atoms with Gasteiger partial charge in [-0.25, -0.2) is 4.98 Å². The van der Waals surface area contributed by atoms with Crippen molar-refractivity contribution < 1.29 is 9.21 Å². The van der Waals surface area contributed by atoms with Crippen molar-refractivity contribution in [3.63, 3.8) is 0 Å². The molecule has 0 radical (unpaired) electrons. The van der Waals surface area contributed by atoms with Crippen LogP contribution in [0.5, 0.6) is 0 Å². The van der Waals surface area contributed by atoms with Crippen molar-refractivity contribution in [1.29, 1.82) is 0 Å². The molecule has 120 valence electrons. The largest absolute Gasteiger partial charge is 0.462 e. The van der Waals surface area contributed by atoms with Gasteiger partial charge in [0.2, 0.25) is 5.91 Å². The number of rotatable bonds is 5. The van der Waals surface area contributed by atoms with Crippen molar-refractivity contribution in [2.24, 2.45) is 11.7 Å². The zero-order valence-electron chi connectivity index (χ0n) is 12.2. The van der Waals surface area contributed by atoms with Crippen LogP contribution in [-0.4, -0.2) is 16.9 Å². The van der Waals surface area contributed by atoms with E-state index in [4.69, 9.17) is 10.2 Å². The maximum absolute atomic E-state index is 11.9. The van der Waals surface area contributed by atoms with E-state index in [1.54, 1.807) is 6.26 Å². The molecular formula is C15H20ClN3O2S. The molecule has 0 saturated heterocycles. The molecule has 1 fully saturated rings. The lowest BCUT2D eigenvalue weighted by Crippen LogP contribution is -2.31. The first kappa shape index (κ1) is 17.0. The third kappa shape index (κ3) is 4.09. The summed E-state index contributed by atoms with van der Waals surface area (Å²) < 4.78 is 5.31. The summed E-state index contributed by atoms with van der Waals surface area (Å²) in [4.78, 5) is 16.4. The van der Waals surface area contributed by atoms with Gasteiger partial charge in [0.1, 0.15) is 0 Å². The van der Waals surface area contributed by atoms with E-state index in [1.807, 2.05) is 17.5 Å². The van der Waals surface area contributed by atoms with E-state index in [-0.39, 0.29) is 24.4 Å². The number of carbonyl (C=O) groups excluding carboxylic acids is 1. The van der Waals surface area contributed by atoms with Crippen molar-refractivity contribution in [2.75, 3.05) is 0 Å². The molecule has 5 nitrogen and oxygen atoms in total. The molecule has 0 aliphatic heterocycles. The van der Waals surface area contributed by atoms with E-state index in [2.05, 4.69) is 10.3 Å². The number of furan rings is 1. The number of nitrogens with zero attached hydrogens (tertiary/aromatic N) is 1. The predicted octanol–water partition coefficient (Wildman–Crippen LogP) is 2.96. The van der Waals surface area contributed by atoms with Gasteiger partial charge in [-0.3, -0.25) is 4.79 Å². The van der Waals surface area contributed by atoms with Crippen LogP contribution in [0.2, 0.25) is 0 Å².